The lowest BCUT2D eigenvalue weighted by molar-refractivity contribution is -0.384. The van der Waals surface area contributed by atoms with Gasteiger partial charge in [0.25, 0.3) is 11.6 Å². The van der Waals surface area contributed by atoms with Crippen molar-refractivity contribution in [2.24, 2.45) is 0 Å². The lowest BCUT2D eigenvalue weighted by Crippen LogP contribution is -2.16. The average molecular weight is 482 g/mol. The van der Waals surface area contributed by atoms with Gasteiger partial charge < -0.3 is 14.5 Å². The van der Waals surface area contributed by atoms with Crippen molar-refractivity contribution in [3.63, 3.8) is 0 Å². The SMILES string of the molecule is COc1cc(NC(=O)c2nn3c(C(F)(F)F)cc(-c4ccco4)nc3c2Cl)cc([N+](=O)[O-])c1. The molecule has 4 aromatic rings. The number of anilines is 1. The smallest absolute Gasteiger partial charge is 0.433 e. The summed E-state index contributed by atoms with van der Waals surface area (Å²) in [6.07, 6.45) is -3.60. The highest BCUT2D eigenvalue weighted by molar-refractivity contribution is 6.37. The van der Waals surface area contributed by atoms with E-state index in [0.717, 1.165) is 12.1 Å². The van der Waals surface area contributed by atoms with Gasteiger partial charge in [0.2, 0.25) is 0 Å². The number of nitrogens with one attached hydrogen (secondary N) is 1. The van der Waals surface area contributed by atoms with E-state index < -0.39 is 39.1 Å². The topological polar surface area (TPSA) is 125 Å². The molecule has 1 amide bonds. The van der Waals surface area contributed by atoms with Crippen molar-refractivity contribution in [1.29, 1.82) is 0 Å². The van der Waals surface area contributed by atoms with E-state index in [1.807, 2.05) is 0 Å². The Hall–Kier alpha value is -4.13. The third kappa shape index (κ3) is 4.17. The Balaban J connectivity index is 1.80. The Morgan fingerprint density at radius 1 is 1.30 bits per heavy atom. The second-order valence-corrected chi connectivity index (χ2v) is 6.91. The number of nitrogens with zero attached hydrogens (tertiary/aromatic N) is 4. The van der Waals surface area contributed by atoms with Crippen molar-refractivity contribution in [2.45, 2.75) is 6.18 Å². The van der Waals surface area contributed by atoms with Gasteiger partial charge in [-0.05, 0) is 18.2 Å². The molecule has 1 aromatic carbocycles. The summed E-state index contributed by atoms with van der Waals surface area (Å²) < 4.78 is 51.5. The van der Waals surface area contributed by atoms with Crippen molar-refractivity contribution >= 4 is 34.5 Å². The summed E-state index contributed by atoms with van der Waals surface area (Å²) in [6, 6.07) is 7.04. The van der Waals surface area contributed by atoms with E-state index in [4.69, 9.17) is 20.8 Å². The van der Waals surface area contributed by atoms with Crippen LogP contribution in [-0.4, -0.2) is 32.5 Å². The molecule has 33 heavy (non-hydrogen) atoms. The lowest BCUT2D eigenvalue weighted by atomic mass is 10.2. The summed E-state index contributed by atoms with van der Waals surface area (Å²) in [4.78, 5) is 27.2. The zero-order valence-corrected chi connectivity index (χ0v) is 17.1. The molecule has 0 aliphatic carbocycles. The molecule has 0 spiro atoms. The maximum absolute atomic E-state index is 13.7. The van der Waals surface area contributed by atoms with Crippen molar-refractivity contribution in [3.8, 4) is 17.2 Å². The van der Waals surface area contributed by atoms with Crippen LogP contribution in [0, 0.1) is 10.1 Å². The number of benzene rings is 1. The Kier molecular flexibility index (Phi) is 5.41. The van der Waals surface area contributed by atoms with Crippen LogP contribution in [0.15, 0.2) is 47.1 Å². The van der Waals surface area contributed by atoms with Gasteiger partial charge in [0.05, 0.1) is 30.1 Å². The minimum absolute atomic E-state index is 0.0509. The Bertz CT molecular complexity index is 1380. The van der Waals surface area contributed by atoms with Gasteiger partial charge in [-0.2, -0.15) is 18.3 Å². The molecule has 0 aliphatic heterocycles. The third-order valence-corrected chi connectivity index (χ3v) is 4.76. The maximum Gasteiger partial charge on any atom is 0.433 e. The number of carbonyl (C=O) groups excluding carboxylic acids is 1. The molecular weight excluding hydrogens is 471 g/mol. The predicted octanol–water partition coefficient (Wildman–Crippen LogP) is 4.83. The van der Waals surface area contributed by atoms with E-state index in [1.54, 1.807) is 0 Å². The van der Waals surface area contributed by atoms with Crippen LogP contribution in [0.1, 0.15) is 16.2 Å². The van der Waals surface area contributed by atoms with Gasteiger partial charge in [-0.3, -0.25) is 14.9 Å². The van der Waals surface area contributed by atoms with Crippen LogP contribution in [0.3, 0.4) is 0 Å². The second-order valence-electron chi connectivity index (χ2n) is 6.53. The molecule has 0 radical (unpaired) electrons. The molecule has 0 aliphatic rings. The fourth-order valence-corrected chi connectivity index (χ4v) is 3.20. The van der Waals surface area contributed by atoms with Gasteiger partial charge in [-0.15, -0.1) is 0 Å². The first-order valence-electron chi connectivity index (χ1n) is 8.93. The number of aromatic nitrogens is 3. The molecule has 0 saturated heterocycles. The first kappa shape index (κ1) is 22.1. The normalized spacial score (nSPS) is 11.5. The number of hydrogen-bond acceptors (Lipinski definition) is 7. The molecule has 0 atom stereocenters. The van der Waals surface area contributed by atoms with Crippen LogP contribution in [0.5, 0.6) is 5.75 Å². The van der Waals surface area contributed by atoms with Gasteiger partial charge >= 0.3 is 6.18 Å². The molecule has 1 N–H and O–H groups in total. The largest absolute Gasteiger partial charge is 0.496 e. The number of halogens is 4. The molecule has 3 heterocycles. The number of carbonyl (C=O) groups is 1. The molecule has 0 saturated carbocycles. The average Bonchev–Trinajstić information content (AvgIpc) is 3.40. The van der Waals surface area contributed by atoms with Gasteiger partial charge in [0, 0.05) is 12.1 Å². The van der Waals surface area contributed by atoms with Crippen LogP contribution in [0.25, 0.3) is 17.1 Å². The van der Waals surface area contributed by atoms with E-state index in [1.165, 1.54) is 31.6 Å². The van der Waals surface area contributed by atoms with Crippen molar-refractivity contribution in [2.75, 3.05) is 12.4 Å². The number of methoxy groups -OCH3 is 1. The number of rotatable bonds is 5. The van der Waals surface area contributed by atoms with Gasteiger partial charge in [0.1, 0.15) is 16.5 Å². The highest BCUT2D eigenvalue weighted by atomic mass is 35.5. The minimum atomic E-state index is -4.86. The van der Waals surface area contributed by atoms with E-state index in [2.05, 4.69) is 15.4 Å². The number of hydrogen-bond donors (Lipinski definition) is 1. The zero-order valence-electron chi connectivity index (χ0n) is 16.4. The summed E-state index contributed by atoms with van der Waals surface area (Å²) in [7, 11) is 1.27. The van der Waals surface area contributed by atoms with E-state index in [0.29, 0.717) is 10.6 Å². The second kappa shape index (κ2) is 8.09. The molecule has 3 aromatic heterocycles. The van der Waals surface area contributed by atoms with Crippen LogP contribution in [-0.2, 0) is 6.18 Å². The Morgan fingerprint density at radius 3 is 2.67 bits per heavy atom. The molecule has 170 valence electrons. The molecule has 0 bridgehead atoms. The van der Waals surface area contributed by atoms with E-state index >= 15 is 0 Å². The van der Waals surface area contributed by atoms with Crippen LogP contribution >= 0.6 is 11.6 Å². The standard InChI is InChI=1S/C19H11ClF3N5O5/c1-32-11-6-9(5-10(7-11)28(30)31)24-18(29)16-15(20)17-25-12(13-3-2-4-33-13)8-14(19(21,22)23)27(17)26-16/h2-8H,1H3,(H,24,29). The van der Waals surface area contributed by atoms with E-state index in [-0.39, 0.29) is 28.6 Å². The van der Waals surface area contributed by atoms with Crippen LogP contribution in [0.2, 0.25) is 5.02 Å². The first-order chi connectivity index (χ1) is 15.6. The summed E-state index contributed by atoms with van der Waals surface area (Å²) in [5, 5.41) is 16.6. The lowest BCUT2D eigenvalue weighted by Gasteiger charge is -2.10. The fraction of sp³-hybridized carbons (Fsp3) is 0.105. The van der Waals surface area contributed by atoms with Crippen molar-refractivity contribution < 1.29 is 32.0 Å². The molecule has 0 unspecified atom stereocenters. The Morgan fingerprint density at radius 2 is 2.06 bits per heavy atom. The number of nitro groups is 1. The predicted molar refractivity (Wildman–Crippen MR) is 108 cm³/mol. The summed E-state index contributed by atoms with van der Waals surface area (Å²) in [6.45, 7) is 0. The number of non-ortho nitro benzene ring substituents is 1. The monoisotopic (exact) mass is 481 g/mol. The number of alkyl halides is 3. The van der Waals surface area contributed by atoms with Crippen LogP contribution < -0.4 is 10.1 Å². The summed E-state index contributed by atoms with van der Waals surface area (Å²) >= 11 is 6.18. The highest BCUT2D eigenvalue weighted by Gasteiger charge is 2.37. The van der Waals surface area contributed by atoms with Crippen molar-refractivity contribution in [3.05, 3.63) is 69.2 Å². The molecule has 4 rings (SSSR count). The molecular formula is C19H11ClF3N5O5. The maximum atomic E-state index is 13.7. The number of ether oxygens (including phenoxy) is 1. The van der Waals surface area contributed by atoms with Crippen LogP contribution in [0.4, 0.5) is 24.5 Å². The summed E-state index contributed by atoms with van der Waals surface area (Å²) in [5.41, 5.74) is -2.85. The minimum Gasteiger partial charge on any atom is -0.496 e. The zero-order chi connectivity index (χ0) is 23.9. The van der Waals surface area contributed by atoms with Gasteiger partial charge in [-0.25, -0.2) is 9.50 Å². The van der Waals surface area contributed by atoms with Gasteiger partial charge in [-0.1, -0.05) is 11.6 Å². The third-order valence-electron chi connectivity index (χ3n) is 4.41. The van der Waals surface area contributed by atoms with E-state index in [9.17, 15) is 28.1 Å². The first-order valence-corrected chi connectivity index (χ1v) is 9.31. The number of furan rings is 1. The number of amides is 1. The highest BCUT2D eigenvalue weighted by Crippen LogP contribution is 2.35. The number of fused-ring (bicyclic) bond motifs is 1. The van der Waals surface area contributed by atoms with Gasteiger partial charge in [0.15, 0.2) is 22.8 Å². The molecule has 14 heteroatoms. The fourth-order valence-electron chi connectivity index (χ4n) is 2.96. The van der Waals surface area contributed by atoms with Crippen molar-refractivity contribution in [1.82, 2.24) is 14.6 Å². The summed E-state index contributed by atoms with van der Waals surface area (Å²) in [5.74, 6) is -0.889. The number of nitro benzene ring substituents is 1. The molecule has 0 fully saturated rings. The Labute approximate surface area is 186 Å². The molecule has 10 nitrogen and oxygen atoms in total. The quantitative estimate of drug-likeness (QED) is 0.319.